The van der Waals surface area contributed by atoms with Gasteiger partial charge in [0, 0.05) is 5.92 Å². The van der Waals surface area contributed by atoms with Crippen LogP contribution in [0.4, 0.5) is 5.95 Å². The molecule has 4 atom stereocenters. The summed E-state index contributed by atoms with van der Waals surface area (Å²) in [5.74, 6) is -4.11. The molecule has 0 aliphatic carbocycles. The predicted molar refractivity (Wildman–Crippen MR) is 148 cm³/mol. The van der Waals surface area contributed by atoms with E-state index in [0.717, 1.165) is 0 Å². The van der Waals surface area contributed by atoms with Crippen LogP contribution in [-0.4, -0.2) is 68.3 Å². The summed E-state index contributed by atoms with van der Waals surface area (Å²) in [6.07, 6.45) is -4.72. The Morgan fingerprint density at radius 3 is 2.00 bits per heavy atom. The standard InChI is InChI=1S/C26H36BrN5O9/c1-10(2)19(33)30-26-29-18-15(20(34)31-26)28-25(27)32(18)21-17(41-24(37)13(7)8)16(40-23(36)12(5)6)14(39-21)9-38-22(35)11(3)4/h10-14,16-17,21H,9H2,1-8H3,(H2,29,30,31,33,34). The fourth-order valence-corrected chi connectivity index (χ4v) is 4.24. The average Bonchev–Trinajstić information content (AvgIpc) is 3.38. The van der Waals surface area contributed by atoms with Gasteiger partial charge in [-0.1, -0.05) is 55.4 Å². The van der Waals surface area contributed by atoms with Gasteiger partial charge < -0.3 is 18.9 Å². The fraction of sp³-hybridized carbons (Fsp3) is 0.654. The van der Waals surface area contributed by atoms with E-state index in [9.17, 15) is 24.0 Å². The monoisotopic (exact) mass is 641 g/mol. The molecule has 2 aromatic rings. The Balaban J connectivity index is 2.15. The number of nitrogens with zero attached hydrogens (tertiary/aromatic N) is 3. The maximum Gasteiger partial charge on any atom is 0.308 e. The van der Waals surface area contributed by atoms with Crippen LogP contribution in [0.15, 0.2) is 9.53 Å². The number of hydrogen-bond acceptors (Lipinski definition) is 11. The molecule has 1 saturated heterocycles. The van der Waals surface area contributed by atoms with Gasteiger partial charge in [0.2, 0.25) is 11.9 Å². The molecule has 0 spiro atoms. The molecular weight excluding hydrogens is 606 g/mol. The minimum absolute atomic E-state index is 0.0101. The summed E-state index contributed by atoms with van der Waals surface area (Å²) < 4.78 is 24.6. The number of H-pyrrole nitrogens is 1. The molecular formula is C26H36BrN5O9. The third kappa shape index (κ3) is 7.31. The molecule has 4 unspecified atom stereocenters. The second-order valence-electron chi connectivity index (χ2n) is 10.9. The number of halogens is 1. The summed E-state index contributed by atoms with van der Waals surface area (Å²) in [6.45, 7) is 12.9. The van der Waals surface area contributed by atoms with Crippen molar-refractivity contribution in [3.63, 3.8) is 0 Å². The van der Waals surface area contributed by atoms with Crippen LogP contribution in [0.3, 0.4) is 0 Å². The Hall–Kier alpha value is -3.33. The number of nitrogens with one attached hydrogen (secondary N) is 2. The summed E-state index contributed by atoms with van der Waals surface area (Å²) in [5, 5.41) is 2.54. The quantitative estimate of drug-likeness (QED) is 0.221. The Bertz CT molecular complexity index is 1370. The van der Waals surface area contributed by atoms with Gasteiger partial charge in [0.05, 0.1) is 17.8 Å². The van der Waals surface area contributed by atoms with Gasteiger partial charge in [-0.15, -0.1) is 0 Å². The first-order valence-electron chi connectivity index (χ1n) is 13.3. The lowest BCUT2D eigenvalue weighted by atomic mass is 10.1. The maximum absolute atomic E-state index is 12.9. The molecule has 1 aliphatic rings. The van der Waals surface area contributed by atoms with Crippen molar-refractivity contribution >= 4 is 56.9 Å². The molecule has 41 heavy (non-hydrogen) atoms. The molecule has 3 heterocycles. The van der Waals surface area contributed by atoms with Gasteiger partial charge in [0.15, 0.2) is 34.3 Å². The van der Waals surface area contributed by atoms with E-state index < -0.39 is 71.7 Å². The molecule has 1 fully saturated rings. The Labute approximate surface area is 245 Å². The van der Waals surface area contributed by atoms with Crippen LogP contribution in [0.2, 0.25) is 0 Å². The number of fused-ring (bicyclic) bond motifs is 1. The van der Waals surface area contributed by atoms with Crippen LogP contribution in [0.5, 0.6) is 0 Å². The van der Waals surface area contributed by atoms with Crippen molar-refractivity contribution in [2.24, 2.45) is 23.7 Å². The minimum atomic E-state index is -1.25. The molecule has 14 nitrogen and oxygen atoms in total. The second kappa shape index (κ2) is 13.1. The number of rotatable bonds is 10. The summed E-state index contributed by atoms with van der Waals surface area (Å²) in [6, 6.07) is 0. The zero-order valence-corrected chi connectivity index (χ0v) is 25.8. The highest BCUT2D eigenvalue weighted by atomic mass is 79.9. The lowest BCUT2D eigenvalue weighted by molar-refractivity contribution is -0.173. The molecule has 2 aromatic heterocycles. The smallest absolute Gasteiger partial charge is 0.308 e. The number of ether oxygens (including phenoxy) is 4. The third-order valence-corrected chi connectivity index (χ3v) is 6.68. The van der Waals surface area contributed by atoms with Gasteiger partial charge in [0.25, 0.3) is 5.56 Å². The van der Waals surface area contributed by atoms with Crippen LogP contribution < -0.4 is 10.9 Å². The lowest BCUT2D eigenvalue weighted by Crippen LogP contribution is -2.42. The highest BCUT2D eigenvalue weighted by Gasteiger charge is 2.52. The number of aromatic amines is 1. The van der Waals surface area contributed by atoms with E-state index >= 15 is 0 Å². The Morgan fingerprint density at radius 1 is 0.902 bits per heavy atom. The first kappa shape index (κ1) is 32.2. The summed E-state index contributed by atoms with van der Waals surface area (Å²) in [5.41, 5.74) is -0.751. The normalized spacial score (nSPS) is 20.7. The van der Waals surface area contributed by atoms with E-state index in [1.54, 1.807) is 55.4 Å². The number of carbonyl (C=O) groups excluding carboxylic acids is 4. The van der Waals surface area contributed by atoms with Crippen molar-refractivity contribution in [3.05, 3.63) is 15.1 Å². The average molecular weight is 643 g/mol. The van der Waals surface area contributed by atoms with Crippen LogP contribution in [-0.2, 0) is 38.1 Å². The number of imidazole rings is 1. The molecule has 3 rings (SSSR count). The van der Waals surface area contributed by atoms with Crippen LogP contribution >= 0.6 is 15.9 Å². The zero-order valence-electron chi connectivity index (χ0n) is 24.2. The van der Waals surface area contributed by atoms with E-state index in [2.05, 4.69) is 36.2 Å². The third-order valence-electron chi connectivity index (χ3n) is 6.12. The molecule has 226 valence electrons. The van der Waals surface area contributed by atoms with Gasteiger partial charge in [-0.3, -0.25) is 38.8 Å². The highest BCUT2D eigenvalue weighted by molar-refractivity contribution is 9.10. The van der Waals surface area contributed by atoms with Crippen LogP contribution in [0, 0.1) is 23.7 Å². The molecule has 0 bridgehead atoms. The van der Waals surface area contributed by atoms with E-state index in [0.29, 0.717) is 0 Å². The van der Waals surface area contributed by atoms with Crippen molar-refractivity contribution in [2.45, 2.75) is 79.9 Å². The van der Waals surface area contributed by atoms with Gasteiger partial charge in [-0.25, -0.2) is 4.98 Å². The Kier molecular flexibility index (Phi) is 10.3. The van der Waals surface area contributed by atoms with E-state index in [4.69, 9.17) is 18.9 Å². The summed E-state index contributed by atoms with van der Waals surface area (Å²) >= 11 is 3.33. The van der Waals surface area contributed by atoms with E-state index in [-0.39, 0.29) is 34.4 Å². The summed E-state index contributed by atoms with van der Waals surface area (Å²) in [4.78, 5) is 74.1. The van der Waals surface area contributed by atoms with Gasteiger partial charge in [0.1, 0.15) is 12.7 Å². The summed E-state index contributed by atoms with van der Waals surface area (Å²) in [7, 11) is 0. The number of hydrogen-bond donors (Lipinski definition) is 2. The number of esters is 3. The van der Waals surface area contributed by atoms with E-state index in [1.165, 1.54) is 4.57 Å². The van der Waals surface area contributed by atoms with Crippen molar-refractivity contribution < 1.29 is 38.1 Å². The first-order valence-corrected chi connectivity index (χ1v) is 14.1. The van der Waals surface area contributed by atoms with Crippen LogP contribution in [0.25, 0.3) is 11.2 Å². The van der Waals surface area contributed by atoms with E-state index in [1.807, 2.05) is 0 Å². The van der Waals surface area contributed by atoms with Crippen molar-refractivity contribution in [3.8, 4) is 0 Å². The second-order valence-corrected chi connectivity index (χ2v) is 11.7. The number of anilines is 1. The molecule has 2 N–H and O–H groups in total. The number of aromatic nitrogens is 4. The largest absolute Gasteiger partial charge is 0.463 e. The maximum atomic E-state index is 12.9. The zero-order chi connectivity index (χ0) is 30.8. The van der Waals surface area contributed by atoms with Crippen molar-refractivity contribution in [1.29, 1.82) is 0 Å². The van der Waals surface area contributed by atoms with Gasteiger partial charge in [-0.2, -0.15) is 4.98 Å². The SMILES string of the molecule is CC(C)C(=O)Nc1nc2c(nc(Br)n2C2OC(COC(=O)C(C)C)C(OC(=O)C(C)C)C2OC(=O)C(C)C)c(=O)[nH]1. The molecule has 0 aromatic carbocycles. The topological polar surface area (TPSA) is 181 Å². The predicted octanol–water partition coefficient (Wildman–Crippen LogP) is 2.71. The molecule has 0 radical (unpaired) electrons. The molecule has 0 saturated carbocycles. The Morgan fingerprint density at radius 2 is 1.46 bits per heavy atom. The number of amides is 1. The lowest BCUT2D eigenvalue weighted by Gasteiger charge is -2.26. The number of carbonyl (C=O) groups is 4. The van der Waals surface area contributed by atoms with Gasteiger partial charge >= 0.3 is 17.9 Å². The highest BCUT2D eigenvalue weighted by Crippen LogP contribution is 2.38. The van der Waals surface area contributed by atoms with Crippen molar-refractivity contribution in [2.75, 3.05) is 11.9 Å². The molecule has 1 amide bonds. The first-order chi connectivity index (χ1) is 19.1. The van der Waals surface area contributed by atoms with Crippen molar-refractivity contribution in [1.82, 2.24) is 19.5 Å². The molecule has 1 aliphatic heterocycles. The fourth-order valence-electron chi connectivity index (χ4n) is 3.69. The van der Waals surface area contributed by atoms with Gasteiger partial charge in [-0.05, 0) is 15.9 Å². The minimum Gasteiger partial charge on any atom is -0.463 e. The van der Waals surface area contributed by atoms with Crippen LogP contribution in [0.1, 0.15) is 61.6 Å². The molecule has 15 heteroatoms.